The average molecular weight is 400 g/mol. The predicted molar refractivity (Wildman–Crippen MR) is 98.5 cm³/mol. The molecule has 152 valence electrons. The van der Waals surface area contributed by atoms with E-state index in [0.717, 1.165) is 5.56 Å². The predicted octanol–water partition coefficient (Wildman–Crippen LogP) is 0.909. The van der Waals surface area contributed by atoms with Crippen LogP contribution >= 0.6 is 0 Å². The Hall–Kier alpha value is -3.60. The van der Waals surface area contributed by atoms with Crippen LogP contribution in [0.25, 0.3) is 11.5 Å². The zero-order valence-corrected chi connectivity index (χ0v) is 16.0. The summed E-state index contributed by atoms with van der Waals surface area (Å²) in [5, 5.41) is 12.3. The third-order valence-corrected chi connectivity index (χ3v) is 3.74. The van der Waals surface area contributed by atoms with E-state index < -0.39 is 11.9 Å². The van der Waals surface area contributed by atoms with Gasteiger partial charge in [-0.15, -0.1) is 10.2 Å². The molecule has 0 amide bonds. The maximum atomic E-state index is 11.8. The molecular weight excluding hydrogens is 380 g/mol. The molecule has 0 unspecified atom stereocenters. The molecule has 0 aliphatic heterocycles. The SMILES string of the molecule is COC(=O)c1nc(-c2cn(Cc3ccccc3)nn2)n(COCCOC(C)=O)n1. The lowest BCUT2D eigenvalue weighted by atomic mass is 10.2. The molecule has 1 aromatic carbocycles. The topological polar surface area (TPSA) is 123 Å². The van der Waals surface area contributed by atoms with Crippen molar-refractivity contribution in [3.8, 4) is 11.5 Å². The van der Waals surface area contributed by atoms with Gasteiger partial charge < -0.3 is 14.2 Å². The number of carbonyl (C=O) groups excluding carboxylic acids is 2. The molecule has 0 radical (unpaired) electrons. The van der Waals surface area contributed by atoms with Crippen molar-refractivity contribution >= 4 is 11.9 Å². The summed E-state index contributed by atoms with van der Waals surface area (Å²) in [6, 6.07) is 9.79. The van der Waals surface area contributed by atoms with Gasteiger partial charge in [0.05, 0.1) is 26.5 Å². The molecule has 11 nitrogen and oxygen atoms in total. The fourth-order valence-electron chi connectivity index (χ4n) is 2.44. The van der Waals surface area contributed by atoms with E-state index in [1.807, 2.05) is 30.3 Å². The normalized spacial score (nSPS) is 10.7. The van der Waals surface area contributed by atoms with Gasteiger partial charge in [0, 0.05) is 6.92 Å². The number of benzene rings is 1. The first-order valence-electron chi connectivity index (χ1n) is 8.75. The summed E-state index contributed by atoms with van der Waals surface area (Å²) in [5.41, 5.74) is 1.49. The molecular formula is C18H20N6O5. The molecule has 0 aliphatic rings. The van der Waals surface area contributed by atoms with Crippen LogP contribution in [0, 0.1) is 0 Å². The number of methoxy groups -OCH3 is 1. The van der Waals surface area contributed by atoms with Crippen LogP contribution in [-0.4, -0.2) is 62.0 Å². The van der Waals surface area contributed by atoms with Crippen molar-refractivity contribution in [2.75, 3.05) is 20.3 Å². The Morgan fingerprint density at radius 1 is 1.14 bits per heavy atom. The summed E-state index contributed by atoms with van der Waals surface area (Å²) in [6.07, 6.45) is 1.70. The Morgan fingerprint density at radius 2 is 1.93 bits per heavy atom. The van der Waals surface area contributed by atoms with Crippen LogP contribution in [0.2, 0.25) is 0 Å². The number of hydrogen-bond acceptors (Lipinski definition) is 9. The first-order valence-corrected chi connectivity index (χ1v) is 8.75. The van der Waals surface area contributed by atoms with Crippen LogP contribution in [0.5, 0.6) is 0 Å². The van der Waals surface area contributed by atoms with E-state index in [4.69, 9.17) is 9.47 Å². The van der Waals surface area contributed by atoms with Gasteiger partial charge in [0.15, 0.2) is 5.82 Å². The van der Waals surface area contributed by atoms with Gasteiger partial charge in [0.1, 0.15) is 19.0 Å². The largest absolute Gasteiger partial charge is 0.463 e. The summed E-state index contributed by atoms with van der Waals surface area (Å²) in [5.74, 6) is -0.888. The van der Waals surface area contributed by atoms with Crippen LogP contribution < -0.4 is 0 Å². The number of esters is 2. The average Bonchev–Trinajstić information content (AvgIpc) is 3.34. The van der Waals surface area contributed by atoms with E-state index in [-0.39, 0.29) is 25.8 Å². The number of ether oxygens (including phenoxy) is 3. The molecule has 2 heterocycles. The lowest BCUT2D eigenvalue weighted by Gasteiger charge is -2.06. The standard InChI is InChI=1S/C18H20N6O5/c1-13(25)29-9-8-28-12-24-17(19-16(21-24)18(26)27-2)15-11-23(22-20-15)10-14-6-4-3-5-7-14/h3-7,11H,8-10,12H2,1-2H3. The van der Waals surface area contributed by atoms with Crippen molar-refractivity contribution in [2.24, 2.45) is 0 Å². The van der Waals surface area contributed by atoms with Crippen molar-refractivity contribution in [2.45, 2.75) is 20.2 Å². The van der Waals surface area contributed by atoms with Gasteiger partial charge in [0.2, 0.25) is 0 Å². The van der Waals surface area contributed by atoms with Crippen LogP contribution in [-0.2, 0) is 32.3 Å². The van der Waals surface area contributed by atoms with Gasteiger partial charge in [-0.1, -0.05) is 35.5 Å². The number of nitrogens with zero attached hydrogens (tertiary/aromatic N) is 6. The summed E-state index contributed by atoms with van der Waals surface area (Å²) in [4.78, 5) is 26.8. The zero-order chi connectivity index (χ0) is 20.6. The quantitative estimate of drug-likeness (QED) is 0.381. The van der Waals surface area contributed by atoms with Crippen molar-refractivity contribution in [1.82, 2.24) is 29.8 Å². The van der Waals surface area contributed by atoms with Crippen molar-refractivity contribution < 1.29 is 23.8 Å². The van der Waals surface area contributed by atoms with E-state index in [1.165, 1.54) is 18.7 Å². The highest BCUT2D eigenvalue weighted by Crippen LogP contribution is 2.15. The third kappa shape index (κ3) is 5.45. The first kappa shape index (κ1) is 20.1. The molecule has 11 heteroatoms. The minimum Gasteiger partial charge on any atom is -0.463 e. The van der Waals surface area contributed by atoms with Crippen LogP contribution in [0.4, 0.5) is 0 Å². The Labute approximate surface area is 166 Å². The Balaban J connectivity index is 1.75. The molecule has 0 fully saturated rings. The summed E-state index contributed by atoms with van der Waals surface area (Å²) >= 11 is 0. The highest BCUT2D eigenvalue weighted by atomic mass is 16.6. The van der Waals surface area contributed by atoms with E-state index in [2.05, 4.69) is 25.1 Å². The van der Waals surface area contributed by atoms with E-state index in [1.54, 1.807) is 10.9 Å². The second-order valence-corrected chi connectivity index (χ2v) is 5.91. The van der Waals surface area contributed by atoms with Gasteiger partial charge >= 0.3 is 11.9 Å². The Kier molecular flexibility index (Phi) is 6.63. The molecule has 0 spiro atoms. The summed E-state index contributed by atoms with van der Waals surface area (Å²) in [6.45, 7) is 2.09. The van der Waals surface area contributed by atoms with Crippen LogP contribution in [0.1, 0.15) is 23.1 Å². The second-order valence-electron chi connectivity index (χ2n) is 5.91. The number of rotatable bonds is 9. The number of carbonyl (C=O) groups is 2. The number of aromatic nitrogens is 6. The first-order chi connectivity index (χ1) is 14.1. The van der Waals surface area contributed by atoms with Gasteiger partial charge in [-0.25, -0.2) is 14.2 Å². The number of hydrogen-bond donors (Lipinski definition) is 0. The molecule has 0 aliphatic carbocycles. The molecule has 0 saturated heterocycles. The van der Waals surface area contributed by atoms with Crippen LogP contribution in [0.15, 0.2) is 36.5 Å². The van der Waals surface area contributed by atoms with Crippen molar-refractivity contribution in [1.29, 1.82) is 0 Å². The smallest absolute Gasteiger partial charge is 0.377 e. The van der Waals surface area contributed by atoms with E-state index in [0.29, 0.717) is 18.1 Å². The maximum absolute atomic E-state index is 11.8. The van der Waals surface area contributed by atoms with Gasteiger partial charge in [-0.3, -0.25) is 4.79 Å². The fourth-order valence-corrected chi connectivity index (χ4v) is 2.44. The molecule has 29 heavy (non-hydrogen) atoms. The summed E-state index contributed by atoms with van der Waals surface area (Å²) in [7, 11) is 1.24. The lowest BCUT2D eigenvalue weighted by Crippen LogP contribution is -2.12. The summed E-state index contributed by atoms with van der Waals surface area (Å²) < 4.78 is 17.9. The molecule has 3 rings (SSSR count). The van der Waals surface area contributed by atoms with Crippen molar-refractivity contribution in [3.63, 3.8) is 0 Å². The third-order valence-electron chi connectivity index (χ3n) is 3.74. The minimum atomic E-state index is -0.679. The Bertz CT molecular complexity index is 968. The zero-order valence-electron chi connectivity index (χ0n) is 16.0. The van der Waals surface area contributed by atoms with Gasteiger partial charge in [0.25, 0.3) is 5.82 Å². The minimum absolute atomic E-state index is 0.0217. The Morgan fingerprint density at radius 3 is 2.66 bits per heavy atom. The molecule has 3 aromatic rings. The molecule has 0 bridgehead atoms. The second kappa shape index (κ2) is 9.55. The van der Waals surface area contributed by atoms with Crippen molar-refractivity contribution in [3.05, 3.63) is 47.9 Å². The molecule has 2 aromatic heterocycles. The van der Waals surface area contributed by atoms with Gasteiger partial charge in [-0.2, -0.15) is 4.98 Å². The molecule has 0 saturated carbocycles. The highest BCUT2D eigenvalue weighted by molar-refractivity contribution is 5.85. The van der Waals surface area contributed by atoms with E-state index >= 15 is 0 Å². The maximum Gasteiger partial charge on any atom is 0.377 e. The monoisotopic (exact) mass is 400 g/mol. The lowest BCUT2D eigenvalue weighted by molar-refractivity contribution is -0.142. The van der Waals surface area contributed by atoms with E-state index in [9.17, 15) is 9.59 Å². The fraction of sp³-hybridized carbons (Fsp3) is 0.333. The molecule has 0 N–H and O–H groups in total. The molecule has 0 atom stereocenters. The highest BCUT2D eigenvalue weighted by Gasteiger charge is 2.20. The van der Waals surface area contributed by atoms with Gasteiger partial charge in [-0.05, 0) is 5.56 Å². The van der Waals surface area contributed by atoms with Crippen LogP contribution in [0.3, 0.4) is 0 Å².